The van der Waals surface area contributed by atoms with Crippen molar-refractivity contribution >= 4 is 62.9 Å². The molecule has 6 N–H and O–H groups in total. The largest absolute Gasteiger partial charge is 0.494 e. The lowest BCUT2D eigenvalue weighted by molar-refractivity contribution is -0.129. The SMILES string of the molecule is COc1cnc(-c2n[nH]c(C)n2)c2[nH]cc(C(=O)C(=O)N3CCN(C(=O)c4ccccc4)[C@H](C)C3)c12.COc1cnc(C(=O)NN)c2[nH]cc(C(=O)C(=O)N3CCN(C(=O)c4ccccc4)[C@H](C)C3)c12. The van der Waals surface area contributed by atoms with E-state index in [0.29, 0.717) is 58.2 Å². The number of carbonyl (C=O) groups is 7. The van der Waals surface area contributed by atoms with E-state index < -0.39 is 29.3 Å². The zero-order valence-corrected chi connectivity index (χ0v) is 38.8. The zero-order chi connectivity index (χ0) is 49.8. The van der Waals surface area contributed by atoms with Crippen LogP contribution in [-0.2, 0) is 9.59 Å². The van der Waals surface area contributed by atoms with Gasteiger partial charge < -0.3 is 39.0 Å². The van der Waals surface area contributed by atoms with Crippen molar-refractivity contribution in [3.63, 3.8) is 0 Å². The van der Waals surface area contributed by atoms with Crippen LogP contribution in [0.5, 0.6) is 11.5 Å². The maximum Gasteiger partial charge on any atom is 0.295 e. The summed E-state index contributed by atoms with van der Waals surface area (Å²) in [4.78, 5) is 116. The monoisotopic (exact) mass is 951 g/mol. The molecule has 7 aromatic rings. The number of ether oxygens (including phenoxy) is 2. The van der Waals surface area contributed by atoms with Crippen LogP contribution in [0.15, 0.2) is 85.5 Å². The van der Waals surface area contributed by atoms with Gasteiger partial charge in [0, 0.05) is 74.9 Å². The van der Waals surface area contributed by atoms with E-state index in [1.165, 1.54) is 48.8 Å². The third-order valence-corrected chi connectivity index (χ3v) is 12.2. The van der Waals surface area contributed by atoms with Crippen LogP contribution in [-0.4, -0.2) is 161 Å². The summed E-state index contributed by atoms with van der Waals surface area (Å²) in [7, 11) is 2.87. The topological polar surface area (TPSA) is 288 Å². The Labute approximate surface area is 399 Å². The summed E-state index contributed by atoms with van der Waals surface area (Å²) in [5.41, 5.74) is 4.52. The molecule has 2 aliphatic heterocycles. The number of carbonyl (C=O) groups excluding carboxylic acids is 7. The maximum atomic E-state index is 13.4. The standard InChI is InChI=1S/C25H25N7O4.C23H24N6O5/c1-14-13-31(9-10-32(14)24(34)16-7-5-4-6-8-16)25(35)22(33)17-11-26-20-19(17)18(36-3)12-27-21(20)23-28-15(2)29-30-23;1-13-12-28(8-9-29(13)22(32)14-6-4-3-5-7-14)23(33)20(30)15-10-25-18-17(15)16(34-2)11-26-19(18)21(31)27-24/h4-8,11-12,14,26H,9-10,13H2,1-3H3,(H,28,29,30);3-7,10-11,13,25H,8-9,12,24H2,1-2H3,(H,27,31)/t14-;13-/m11/s1. The Kier molecular flexibility index (Phi) is 13.8. The fraction of sp³-hybridized carbons (Fsp3) is 0.271. The van der Waals surface area contributed by atoms with Gasteiger partial charge in [0.2, 0.25) is 5.82 Å². The first kappa shape index (κ1) is 47.7. The number of hydrogen-bond donors (Lipinski definition) is 5. The molecule has 0 spiro atoms. The van der Waals surface area contributed by atoms with Gasteiger partial charge in [-0.3, -0.25) is 44.1 Å². The van der Waals surface area contributed by atoms with E-state index in [0.717, 1.165) is 0 Å². The molecule has 0 saturated carbocycles. The predicted molar refractivity (Wildman–Crippen MR) is 253 cm³/mol. The molecular weight excluding hydrogens is 903 g/mol. The third-order valence-electron chi connectivity index (χ3n) is 12.2. The minimum atomic E-state index is -0.759. The molecular formula is C48H49N13O9. The van der Waals surface area contributed by atoms with Crippen LogP contribution < -0.4 is 20.7 Å². The fourth-order valence-electron chi connectivity index (χ4n) is 8.66. The molecule has 7 heterocycles. The summed E-state index contributed by atoms with van der Waals surface area (Å²) in [6, 6.07) is 17.4. The Balaban J connectivity index is 0.000000189. The lowest BCUT2D eigenvalue weighted by Gasteiger charge is -2.39. The van der Waals surface area contributed by atoms with Gasteiger partial charge in [-0.1, -0.05) is 36.4 Å². The number of nitrogens with two attached hydrogens (primary N) is 1. The number of nitrogens with one attached hydrogen (secondary N) is 4. The Morgan fingerprint density at radius 2 is 1.14 bits per heavy atom. The fourth-order valence-corrected chi connectivity index (χ4v) is 8.66. The van der Waals surface area contributed by atoms with E-state index in [-0.39, 0.29) is 83.6 Å². The van der Waals surface area contributed by atoms with Crippen molar-refractivity contribution in [2.75, 3.05) is 53.5 Å². The molecule has 360 valence electrons. The Hall–Kier alpha value is -8.79. The number of ketones is 2. The first-order valence-corrected chi connectivity index (χ1v) is 22.1. The predicted octanol–water partition coefficient (Wildman–Crippen LogP) is 2.95. The van der Waals surface area contributed by atoms with Gasteiger partial charge in [-0.2, -0.15) is 5.10 Å². The number of aryl methyl sites for hydroxylation is 1. The number of piperazine rings is 2. The molecule has 70 heavy (non-hydrogen) atoms. The molecule has 2 aromatic carbocycles. The normalized spacial score (nSPS) is 15.8. The van der Waals surface area contributed by atoms with Gasteiger partial charge in [0.1, 0.15) is 23.0 Å². The highest BCUT2D eigenvalue weighted by molar-refractivity contribution is 6.46. The number of rotatable bonds is 10. The highest BCUT2D eigenvalue weighted by Crippen LogP contribution is 2.34. The summed E-state index contributed by atoms with van der Waals surface area (Å²) in [5, 5.41) is 7.63. The number of aromatic nitrogens is 7. The second-order valence-corrected chi connectivity index (χ2v) is 16.6. The average Bonchev–Trinajstić information content (AvgIpc) is 4.17. The van der Waals surface area contributed by atoms with Crippen LogP contribution in [0.3, 0.4) is 0 Å². The van der Waals surface area contributed by atoms with Crippen molar-refractivity contribution in [1.29, 1.82) is 0 Å². The summed E-state index contributed by atoms with van der Waals surface area (Å²) in [5.74, 6) is 3.14. The lowest BCUT2D eigenvalue weighted by Crippen LogP contribution is -2.56. The van der Waals surface area contributed by atoms with Crippen molar-refractivity contribution in [2.24, 2.45) is 5.84 Å². The van der Waals surface area contributed by atoms with Gasteiger partial charge in [-0.05, 0) is 45.0 Å². The van der Waals surface area contributed by atoms with E-state index in [2.05, 4.69) is 35.1 Å². The molecule has 22 heteroatoms. The number of hydrogen-bond acceptors (Lipinski definition) is 14. The van der Waals surface area contributed by atoms with Crippen molar-refractivity contribution in [3.8, 4) is 23.0 Å². The first-order valence-electron chi connectivity index (χ1n) is 22.1. The van der Waals surface area contributed by atoms with E-state index in [9.17, 15) is 33.6 Å². The highest BCUT2D eigenvalue weighted by Gasteiger charge is 2.36. The molecule has 2 atom stereocenters. The molecule has 0 aliphatic carbocycles. The second kappa shape index (κ2) is 20.2. The molecule has 2 aliphatic rings. The zero-order valence-electron chi connectivity index (χ0n) is 38.8. The molecule has 0 radical (unpaired) electrons. The van der Waals surface area contributed by atoms with Crippen LogP contribution in [0.1, 0.15) is 71.6 Å². The van der Waals surface area contributed by atoms with Gasteiger partial charge in [0.05, 0.1) is 59.5 Å². The van der Waals surface area contributed by atoms with Crippen LogP contribution in [0, 0.1) is 6.92 Å². The number of Topliss-reactive ketones (excluding diaryl/α,β-unsaturated/α-hetero) is 2. The summed E-state index contributed by atoms with van der Waals surface area (Å²) in [6.45, 7) is 7.06. The second-order valence-electron chi connectivity index (χ2n) is 16.6. The van der Waals surface area contributed by atoms with Crippen molar-refractivity contribution in [3.05, 3.63) is 119 Å². The molecule has 5 aromatic heterocycles. The van der Waals surface area contributed by atoms with Crippen LogP contribution in [0.4, 0.5) is 0 Å². The summed E-state index contributed by atoms with van der Waals surface area (Å²) in [6.07, 6.45) is 5.60. The van der Waals surface area contributed by atoms with Crippen molar-refractivity contribution in [2.45, 2.75) is 32.9 Å². The molecule has 22 nitrogen and oxygen atoms in total. The smallest absolute Gasteiger partial charge is 0.295 e. The van der Waals surface area contributed by atoms with Gasteiger partial charge in [0.25, 0.3) is 41.1 Å². The molecule has 2 saturated heterocycles. The number of amides is 5. The molecule has 5 amide bonds. The minimum Gasteiger partial charge on any atom is -0.494 e. The summed E-state index contributed by atoms with van der Waals surface area (Å²) < 4.78 is 10.7. The molecule has 2 fully saturated rings. The number of pyridine rings is 2. The molecule has 0 bridgehead atoms. The third kappa shape index (κ3) is 9.13. The van der Waals surface area contributed by atoms with E-state index in [4.69, 9.17) is 15.3 Å². The van der Waals surface area contributed by atoms with Gasteiger partial charge >= 0.3 is 0 Å². The first-order chi connectivity index (χ1) is 33.8. The number of nitrogens with zero attached hydrogens (tertiary/aromatic N) is 8. The van der Waals surface area contributed by atoms with Gasteiger partial charge in [-0.25, -0.2) is 20.8 Å². The van der Waals surface area contributed by atoms with Gasteiger partial charge in [-0.15, -0.1) is 0 Å². The number of benzene rings is 2. The maximum absolute atomic E-state index is 13.4. The number of hydrazine groups is 1. The van der Waals surface area contributed by atoms with Crippen LogP contribution in [0.25, 0.3) is 33.3 Å². The van der Waals surface area contributed by atoms with Crippen molar-refractivity contribution in [1.82, 2.24) is 60.1 Å². The van der Waals surface area contributed by atoms with Crippen LogP contribution in [0.2, 0.25) is 0 Å². The number of fused-ring (bicyclic) bond motifs is 2. The minimum absolute atomic E-state index is 0.0357. The number of aromatic amines is 3. The van der Waals surface area contributed by atoms with E-state index in [1.54, 1.807) is 53.1 Å². The molecule has 9 rings (SSSR count). The van der Waals surface area contributed by atoms with Crippen molar-refractivity contribution < 1.29 is 43.0 Å². The number of methoxy groups -OCH3 is 2. The number of H-pyrrole nitrogens is 3. The Bertz CT molecular complexity index is 3150. The Morgan fingerprint density at radius 1 is 0.671 bits per heavy atom. The quantitative estimate of drug-likeness (QED) is 0.0434. The highest BCUT2D eigenvalue weighted by atomic mass is 16.5. The number of nitrogen functional groups attached to an aromatic ring is 1. The molecule has 0 unspecified atom stereocenters. The average molecular weight is 952 g/mol. The van der Waals surface area contributed by atoms with Crippen LogP contribution >= 0.6 is 0 Å². The van der Waals surface area contributed by atoms with E-state index in [1.807, 2.05) is 43.5 Å². The van der Waals surface area contributed by atoms with Gasteiger partial charge in [0.15, 0.2) is 5.69 Å². The lowest BCUT2D eigenvalue weighted by atomic mass is 10.1. The Morgan fingerprint density at radius 3 is 1.59 bits per heavy atom. The summed E-state index contributed by atoms with van der Waals surface area (Å²) >= 11 is 0. The van der Waals surface area contributed by atoms with E-state index >= 15 is 0 Å².